The molecule has 0 aliphatic carbocycles. The van der Waals surface area contributed by atoms with Crippen LogP contribution in [-0.4, -0.2) is 22.6 Å². The zero-order valence-electron chi connectivity index (χ0n) is 9.90. The third-order valence-corrected chi connectivity index (χ3v) is 3.65. The fourth-order valence-electron chi connectivity index (χ4n) is 2.44. The maximum Gasteiger partial charge on any atom is 0.261 e. The van der Waals surface area contributed by atoms with Gasteiger partial charge in [0.25, 0.3) is 5.56 Å². The van der Waals surface area contributed by atoms with Crippen LogP contribution < -0.4 is 10.9 Å². The van der Waals surface area contributed by atoms with E-state index in [0.717, 1.165) is 25.9 Å². The second-order valence-corrected chi connectivity index (χ2v) is 5.06. The number of nitrogens with zero attached hydrogens (tertiary/aromatic N) is 2. The minimum absolute atomic E-state index is 0.0189. The Morgan fingerprint density at radius 2 is 2.33 bits per heavy atom. The first-order valence-electron chi connectivity index (χ1n) is 6.13. The lowest BCUT2D eigenvalue weighted by atomic mass is 10.1. The van der Waals surface area contributed by atoms with Gasteiger partial charge in [-0.15, -0.1) is 0 Å². The Kier molecular flexibility index (Phi) is 3.06. The van der Waals surface area contributed by atoms with E-state index in [9.17, 15) is 4.79 Å². The van der Waals surface area contributed by atoms with Crippen molar-refractivity contribution in [2.24, 2.45) is 0 Å². The average molecular weight is 264 g/mol. The monoisotopic (exact) mass is 263 g/mol. The largest absolute Gasteiger partial charge is 0.315 e. The molecule has 5 heteroatoms. The number of rotatable bonds is 1. The van der Waals surface area contributed by atoms with Gasteiger partial charge in [-0.05, 0) is 37.6 Å². The summed E-state index contributed by atoms with van der Waals surface area (Å²) < 4.78 is 1.74. The maximum absolute atomic E-state index is 12.4. The summed E-state index contributed by atoms with van der Waals surface area (Å²) in [5, 5.41) is 4.54. The number of benzene rings is 1. The third-order valence-electron chi connectivity index (χ3n) is 3.41. The molecule has 2 aromatic rings. The Morgan fingerprint density at radius 1 is 1.44 bits per heavy atom. The highest BCUT2D eigenvalue weighted by atomic mass is 35.5. The van der Waals surface area contributed by atoms with E-state index < -0.39 is 0 Å². The molecule has 1 aliphatic heterocycles. The molecule has 1 saturated heterocycles. The van der Waals surface area contributed by atoms with Gasteiger partial charge >= 0.3 is 0 Å². The van der Waals surface area contributed by atoms with Gasteiger partial charge in [0.15, 0.2) is 0 Å². The minimum Gasteiger partial charge on any atom is -0.315 e. The highest BCUT2D eigenvalue weighted by molar-refractivity contribution is 6.31. The van der Waals surface area contributed by atoms with E-state index in [2.05, 4.69) is 10.3 Å². The van der Waals surface area contributed by atoms with Crippen molar-refractivity contribution in [3.05, 3.63) is 39.9 Å². The standard InChI is InChI=1S/C13H14ClN3O/c14-9-3-4-11-12(6-9)16-8-17(13(11)18)10-2-1-5-15-7-10/h3-4,6,8,10,15H,1-2,5,7H2. The molecule has 1 aromatic heterocycles. The number of piperidine rings is 1. The van der Waals surface area contributed by atoms with Gasteiger partial charge in [0.05, 0.1) is 23.3 Å². The third kappa shape index (κ3) is 2.02. The predicted molar refractivity (Wildman–Crippen MR) is 72.2 cm³/mol. The summed E-state index contributed by atoms with van der Waals surface area (Å²) in [4.78, 5) is 16.7. The van der Waals surface area contributed by atoms with Gasteiger partial charge in [0.2, 0.25) is 0 Å². The number of nitrogens with one attached hydrogen (secondary N) is 1. The summed E-state index contributed by atoms with van der Waals surface area (Å²) in [6.07, 6.45) is 3.75. The summed E-state index contributed by atoms with van der Waals surface area (Å²) in [6, 6.07) is 5.41. The van der Waals surface area contributed by atoms with E-state index in [1.165, 1.54) is 0 Å². The van der Waals surface area contributed by atoms with Crippen molar-refractivity contribution in [2.75, 3.05) is 13.1 Å². The van der Waals surface area contributed by atoms with Crippen LogP contribution in [-0.2, 0) is 0 Å². The first-order chi connectivity index (χ1) is 8.75. The molecule has 0 saturated carbocycles. The molecule has 1 unspecified atom stereocenters. The Hall–Kier alpha value is -1.39. The lowest BCUT2D eigenvalue weighted by Gasteiger charge is -2.24. The summed E-state index contributed by atoms with van der Waals surface area (Å²) in [5.41, 5.74) is 0.679. The molecule has 3 rings (SSSR count). The van der Waals surface area contributed by atoms with E-state index in [0.29, 0.717) is 15.9 Å². The van der Waals surface area contributed by atoms with Gasteiger partial charge in [0.1, 0.15) is 0 Å². The molecule has 1 N–H and O–H groups in total. The van der Waals surface area contributed by atoms with Crippen LogP contribution in [0.5, 0.6) is 0 Å². The highest BCUT2D eigenvalue weighted by Gasteiger charge is 2.17. The molecule has 1 atom stereocenters. The summed E-state index contributed by atoms with van der Waals surface area (Å²) in [7, 11) is 0. The fraction of sp³-hybridized carbons (Fsp3) is 0.385. The van der Waals surface area contributed by atoms with Gasteiger partial charge in [-0.25, -0.2) is 4.98 Å². The molecule has 94 valence electrons. The van der Waals surface area contributed by atoms with E-state index in [1.54, 1.807) is 29.1 Å². The topological polar surface area (TPSA) is 46.9 Å². The van der Waals surface area contributed by atoms with Crippen LogP contribution >= 0.6 is 11.6 Å². The zero-order chi connectivity index (χ0) is 12.5. The predicted octanol–water partition coefficient (Wildman–Crippen LogP) is 1.97. The summed E-state index contributed by atoms with van der Waals surface area (Å²) >= 11 is 5.90. The molecular weight excluding hydrogens is 250 g/mol. The number of aromatic nitrogens is 2. The quantitative estimate of drug-likeness (QED) is 0.856. The van der Waals surface area contributed by atoms with Gasteiger partial charge < -0.3 is 5.32 Å². The maximum atomic E-state index is 12.4. The summed E-state index contributed by atoms with van der Waals surface area (Å²) in [6.45, 7) is 1.86. The minimum atomic E-state index is 0.0189. The van der Waals surface area contributed by atoms with Crippen molar-refractivity contribution in [3.8, 4) is 0 Å². The first kappa shape index (κ1) is 11.7. The van der Waals surface area contributed by atoms with Gasteiger partial charge in [-0.3, -0.25) is 9.36 Å². The number of hydrogen-bond acceptors (Lipinski definition) is 3. The SMILES string of the molecule is O=c1c2ccc(Cl)cc2ncn1C1CCCNC1. The van der Waals surface area contributed by atoms with Crippen LogP contribution in [0.2, 0.25) is 5.02 Å². The second kappa shape index (κ2) is 4.71. The van der Waals surface area contributed by atoms with Gasteiger partial charge in [0, 0.05) is 11.6 Å². The average Bonchev–Trinajstić information content (AvgIpc) is 2.40. The van der Waals surface area contributed by atoms with Crippen LogP contribution in [0.25, 0.3) is 10.9 Å². The molecule has 18 heavy (non-hydrogen) atoms. The molecule has 2 heterocycles. The van der Waals surface area contributed by atoms with Gasteiger partial charge in [-0.1, -0.05) is 11.6 Å². The van der Waals surface area contributed by atoms with Crippen molar-refractivity contribution in [1.82, 2.24) is 14.9 Å². The van der Waals surface area contributed by atoms with Crippen molar-refractivity contribution >= 4 is 22.5 Å². The summed E-state index contributed by atoms with van der Waals surface area (Å²) in [5.74, 6) is 0. The first-order valence-corrected chi connectivity index (χ1v) is 6.50. The van der Waals surface area contributed by atoms with E-state index in [-0.39, 0.29) is 11.6 Å². The van der Waals surface area contributed by atoms with Crippen LogP contribution in [0.1, 0.15) is 18.9 Å². The van der Waals surface area contributed by atoms with Crippen LogP contribution in [0.3, 0.4) is 0 Å². The number of fused-ring (bicyclic) bond motifs is 1. The van der Waals surface area contributed by atoms with Crippen molar-refractivity contribution in [2.45, 2.75) is 18.9 Å². The lowest BCUT2D eigenvalue weighted by molar-refractivity contribution is 0.363. The van der Waals surface area contributed by atoms with E-state index in [4.69, 9.17) is 11.6 Å². The Labute approximate surface area is 110 Å². The van der Waals surface area contributed by atoms with E-state index >= 15 is 0 Å². The van der Waals surface area contributed by atoms with Crippen LogP contribution in [0, 0.1) is 0 Å². The normalized spacial score (nSPS) is 20.2. The van der Waals surface area contributed by atoms with Crippen LogP contribution in [0.4, 0.5) is 0 Å². The van der Waals surface area contributed by atoms with E-state index in [1.807, 2.05) is 0 Å². The Morgan fingerprint density at radius 3 is 3.11 bits per heavy atom. The molecule has 0 radical (unpaired) electrons. The molecule has 0 spiro atoms. The van der Waals surface area contributed by atoms with Gasteiger partial charge in [-0.2, -0.15) is 0 Å². The van der Waals surface area contributed by atoms with Crippen molar-refractivity contribution in [3.63, 3.8) is 0 Å². The van der Waals surface area contributed by atoms with Crippen molar-refractivity contribution in [1.29, 1.82) is 0 Å². The molecule has 4 nitrogen and oxygen atoms in total. The fourth-order valence-corrected chi connectivity index (χ4v) is 2.61. The number of hydrogen-bond donors (Lipinski definition) is 1. The molecule has 1 aromatic carbocycles. The smallest absolute Gasteiger partial charge is 0.261 e. The molecule has 1 fully saturated rings. The Bertz CT molecular complexity index is 632. The second-order valence-electron chi connectivity index (χ2n) is 4.62. The number of halogens is 1. The molecular formula is C13H14ClN3O. The highest BCUT2D eigenvalue weighted by Crippen LogP contribution is 2.17. The lowest BCUT2D eigenvalue weighted by Crippen LogP contribution is -2.36. The zero-order valence-corrected chi connectivity index (χ0v) is 10.7. The Balaban J connectivity index is 2.11. The molecule has 1 aliphatic rings. The molecule has 0 amide bonds. The molecule has 0 bridgehead atoms. The van der Waals surface area contributed by atoms with Crippen molar-refractivity contribution < 1.29 is 0 Å². The van der Waals surface area contributed by atoms with Crippen LogP contribution in [0.15, 0.2) is 29.3 Å².